The first kappa shape index (κ1) is 14.5. The van der Waals surface area contributed by atoms with E-state index in [4.69, 9.17) is 5.73 Å². The van der Waals surface area contributed by atoms with Crippen molar-refractivity contribution in [3.05, 3.63) is 16.1 Å². The second-order valence-electron chi connectivity index (χ2n) is 3.79. The Labute approximate surface area is 110 Å². The summed E-state index contributed by atoms with van der Waals surface area (Å²) in [6.45, 7) is 2.58. The molecule has 1 heterocycles. The Morgan fingerprint density at radius 2 is 2.47 bits per heavy atom. The summed E-state index contributed by atoms with van der Waals surface area (Å²) in [6, 6.07) is -0.389. The highest BCUT2D eigenvalue weighted by molar-refractivity contribution is 7.98. The maximum atomic E-state index is 11.6. The number of hydrogen-bond acceptors (Lipinski definition) is 5. The number of carbonyl (C=O) groups excluding carboxylic acids is 1. The second kappa shape index (κ2) is 7.68. The van der Waals surface area contributed by atoms with Crippen molar-refractivity contribution in [3.63, 3.8) is 0 Å². The van der Waals surface area contributed by atoms with Crippen LogP contribution >= 0.6 is 23.1 Å². The molecule has 4 nitrogen and oxygen atoms in total. The van der Waals surface area contributed by atoms with Gasteiger partial charge in [0, 0.05) is 18.3 Å². The van der Waals surface area contributed by atoms with Gasteiger partial charge in [-0.2, -0.15) is 11.8 Å². The summed E-state index contributed by atoms with van der Waals surface area (Å²) >= 11 is 3.33. The zero-order valence-electron chi connectivity index (χ0n) is 10.2. The number of nitrogens with zero attached hydrogens (tertiary/aromatic N) is 1. The molecule has 0 bridgehead atoms. The molecule has 1 rings (SSSR count). The number of aromatic nitrogens is 1. The van der Waals surface area contributed by atoms with E-state index >= 15 is 0 Å². The van der Waals surface area contributed by atoms with E-state index in [2.05, 4.69) is 10.3 Å². The molecule has 6 heteroatoms. The molecule has 1 aromatic heterocycles. The summed E-state index contributed by atoms with van der Waals surface area (Å²) in [5, 5.41) is 5.92. The lowest BCUT2D eigenvalue weighted by Crippen LogP contribution is -2.41. The quantitative estimate of drug-likeness (QED) is 0.783. The van der Waals surface area contributed by atoms with Crippen molar-refractivity contribution in [2.45, 2.75) is 25.8 Å². The minimum atomic E-state index is -0.389. The van der Waals surface area contributed by atoms with E-state index in [1.165, 1.54) is 0 Å². The summed E-state index contributed by atoms with van der Waals surface area (Å²) in [5.74, 6) is 0.853. The van der Waals surface area contributed by atoms with E-state index in [0.717, 1.165) is 29.3 Å². The summed E-state index contributed by atoms with van der Waals surface area (Å²) in [5.41, 5.74) is 6.78. The number of thiazole rings is 1. The van der Waals surface area contributed by atoms with Gasteiger partial charge in [0.1, 0.15) is 0 Å². The van der Waals surface area contributed by atoms with Crippen LogP contribution < -0.4 is 11.1 Å². The first-order valence-corrected chi connectivity index (χ1v) is 7.84. The fraction of sp³-hybridized carbons (Fsp3) is 0.636. The molecule has 17 heavy (non-hydrogen) atoms. The van der Waals surface area contributed by atoms with Crippen LogP contribution in [0.1, 0.15) is 17.1 Å². The van der Waals surface area contributed by atoms with Crippen LogP contribution in [0.3, 0.4) is 0 Å². The lowest BCUT2D eigenvalue weighted by molar-refractivity contribution is -0.122. The molecule has 0 radical (unpaired) electrons. The van der Waals surface area contributed by atoms with Crippen LogP contribution in [0, 0.1) is 6.92 Å². The molecular formula is C11H19N3OS2. The van der Waals surface area contributed by atoms with Crippen LogP contribution in [0.25, 0.3) is 0 Å². The average molecular weight is 273 g/mol. The Morgan fingerprint density at radius 1 is 1.71 bits per heavy atom. The number of carbonyl (C=O) groups is 1. The van der Waals surface area contributed by atoms with Crippen molar-refractivity contribution in [1.29, 1.82) is 0 Å². The van der Waals surface area contributed by atoms with Crippen LogP contribution in [-0.4, -0.2) is 35.5 Å². The molecular weight excluding hydrogens is 254 g/mol. The number of hydrogen-bond donors (Lipinski definition) is 2. The van der Waals surface area contributed by atoms with Crippen LogP contribution in [0.2, 0.25) is 0 Å². The highest BCUT2D eigenvalue weighted by Gasteiger charge is 2.11. The van der Waals surface area contributed by atoms with E-state index in [1.807, 2.05) is 18.6 Å². The molecule has 1 aromatic rings. The monoisotopic (exact) mass is 273 g/mol. The highest BCUT2D eigenvalue weighted by Crippen LogP contribution is 2.07. The Morgan fingerprint density at radius 3 is 3.06 bits per heavy atom. The fourth-order valence-corrected chi connectivity index (χ4v) is 2.48. The van der Waals surface area contributed by atoms with Crippen molar-refractivity contribution in [1.82, 2.24) is 10.3 Å². The van der Waals surface area contributed by atoms with Gasteiger partial charge in [-0.1, -0.05) is 0 Å². The smallest absolute Gasteiger partial charge is 0.236 e. The van der Waals surface area contributed by atoms with Gasteiger partial charge in [-0.25, -0.2) is 4.98 Å². The topological polar surface area (TPSA) is 68.0 Å². The number of rotatable bonds is 7. The molecule has 0 fully saturated rings. The van der Waals surface area contributed by atoms with Gasteiger partial charge in [0.2, 0.25) is 5.91 Å². The summed E-state index contributed by atoms with van der Waals surface area (Å²) in [4.78, 5) is 15.9. The van der Waals surface area contributed by atoms with Gasteiger partial charge in [0.15, 0.2) is 0 Å². The predicted molar refractivity (Wildman–Crippen MR) is 74.5 cm³/mol. The standard InChI is InChI=1S/C11H19N3OS2/c1-8-14-9(7-17-8)3-5-13-11(15)10(12)4-6-16-2/h7,10H,3-6,12H2,1-2H3,(H,13,15)/t10-/m1/s1. The van der Waals surface area contributed by atoms with Gasteiger partial charge in [0.05, 0.1) is 16.7 Å². The van der Waals surface area contributed by atoms with Gasteiger partial charge < -0.3 is 11.1 Å². The molecule has 0 aliphatic rings. The van der Waals surface area contributed by atoms with E-state index in [9.17, 15) is 4.79 Å². The van der Waals surface area contributed by atoms with Crippen molar-refractivity contribution >= 4 is 29.0 Å². The Hall–Kier alpha value is -0.590. The zero-order chi connectivity index (χ0) is 12.7. The molecule has 0 aromatic carbocycles. The lowest BCUT2D eigenvalue weighted by atomic mass is 10.2. The van der Waals surface area contributed by atoms with E-state index in [1.54, 1.807) is 23.1 Å². The largest absolute Gasteiger partial charge is 0.354 e. The SMILES string of the molecule is CSCC[C@@H](N)C(=O)NCCc1csc(C)n1. The summed E-state index contributed by atoms with van der Waals surface area (Å²) in [6.07, 6.45) is 3.50. The van der Waals surface area contributed by atoms with E-state index in [0.29, 0.717) is 6.54 Å². The first-order valence-electron chi connectivity index (χ1n) is 5.56. The van der Waals surface area contributed by atoms with Crippen LogP contribution in [0.5, 0.6) is 0 Å². The third kappa shape index (κ3) is 5.52. The summed E-state index contributed by atoms with van der Waals surface area (Å²) < 4.78 is 0. The molecule has 0 saturated carbocycles. The third-order valence-corrected chi connectivity index (χ3v) is 3.78. The molecule has 0 unspecified atom stereocenters. The van der Waals surface area contributed by atoms with Crippen molar-refractivity contribution < 1.29 is 4.79 Å². The molecule has 96 valence electrons. The van der Waals surface area contributed by atoms with Crippen LogP contribution in [0.4, 0.5) is 0 Å². The number of amides is 1. The number of aryl methyl sites for hydroxylation is 1. The van der Waals surface area contributed by atoms with Gasteiger partial charge in [-0.15, -0.1) is 11.3 Å². The van der Waals surface area contributed by atoms with Gasteiger partial charge >= 0.3 is 0 Å². The molecule has 1 atom stereocenters. The molecule has 0 spiro atoms. The Bertz CT molecular complexity index is 354. The molecule has 0 aliphatic carbocycles. The van der Waals surface area contributed by atoms with E-state index in [-0.39, 0.29) is 11.9 Å². The molecule has 3 N–H and O–H groups in total. The average Bonchev–Trinajstić information content (AvgIpc) is 2.71. The lowest BCUT2D eigenvalue weighted by Gasteiger charge is -2.10. The van der Waals surface area contributed by atoms with Crippen LogP contribution in [0.15, 0.2) is 5.38 Å². The van der Waals surface area contributed by atoms with Crippen molar-refractivity contribution in [2.75, 3.05) is 18.6 Å². The maximum Gasteiger partial charge on any atom is 0.236 e. The normalized spacial score (nSPS) is 12.4. The summed E-state index contributed by atoms with van der Waals surface area (Å²) in [7, 11) is 0. The minimum Gasteiger partial charge on any atom is -0.354 e. The van der Waals surface area contributed by atoms with Crippen molar-refractivity contribution in [3.8, 4) is 0 Å². The third-order valence-electron chi connectivity index (χ3n) is 2.32. The molecule has 0 saturated heterocycles. The highest BCUT2D eigenvalue weighted by atomic mass is 32.2. The Kier molecular flexibility index (Phi) is 6.54. The molecule has 0 aliphatic heterocycles. The van der Waals surface area contributed by atoms with Gasteiger partial charge in [0.25, 0.3) is 0 Å². The minimum absolute atomic E-state index is 0.0639. The van der Waals surface area contributed by atoms with Crippen LogP contribution in [-0.2, 0) is 11.2 Å². The molecule has 1 amide bonds. The Balaban J connectivity index is 2.19. The number of thioether (sulfide) groups is 1. The van der Waals surface area contributed by atoms with Crippen molar-refractivity contribution in [2.24, 2.45) is 5.73 Å². The van der Waals surface area contributed by atoms with Gasteiger partial charge in [-0.3, -0.25) is 4.79 Å². The second-order valence-corrected chi connectivity index (χ2v) is 5.83. The maximum absolute atomic E-state index is 11.6. The zero-order valence-corrected chi connectivity index (χ0v) is 11.9. The fourth-order valence-electron chi connectivity index (χ4n) is 1.34. The first-order chi connectivity index (χ1) is 8.13. The number of nitrogens with one attached hydrogen (secondary N) is 1. The van der Waals surface area contributed by atoms with Gasteiger partial charge in [-0.05, 0) is 25.4 Å². The van der Waals surface area contributed by atoms with E-state index < -0.39 is 0 Å². The number of nitrogens with two attached hydrogens (primary N) is 1. The predicted octanol–water partition coefficient (Wildman–Crippen LogP) is 1.19.